The summed E-state index contributed by atoms with van der Waals surface area (Å²) in [6, 6.07) is 0. The zero-order valence-electron chi connectivity index (χ0n) is 5.77. The lowest BCUT2D eigenvalue weighted by molar-refractivity contribution is -0.152. The van der Waals surface area contributed by atoms with Gasteiger partial charge in [0.1, 0.15) is 6.42 Å². The van der Waals surface area contributed by atoms with Crippen molar-refractivity contribution in [1.82, 2.24) is 0 Å². The van der Waals surface area contributed by atoms with Crippen molar-refractivity contribution in [3.05, 3.63) is 0 Å². The highest BCUT2D eigenvalue weighted by atomic mass is 16.4. The molecule has 11 heavy (non-hydrogen) atoms. The first-order valence-electron chi connectivity index (χ1n) is 2.46. The Morgan fingerprint density at radius 2 is 1.45 bits per heavy atom. The minimum atomic E-state index is -1.71. The first-order chi connectivity index (χ1) is 5.04. The molecule has 0 rings (SSSR count). The van der Waals surface area contributed by atoms with E-state index in [2.05, 4.69) is 0 Å². The predicted octanol–water partition coefficient (Wildman–Crippen LogP) is -1.28. The van der Waals surface area contributed by atoms with E-state index in [4.69, 9.17) is 15.3 Å². The molecule has 0 aromatic rings. The normalized spacial score (nSPS) is 7.45. The molecule has 0 spiro atoms. The molecule has 6 heteroatoms. The van der Waals surface area contributed by atoms with Gasteiger partial charge in [-0.2, -0.15) is 0 Å². The molecular weight excluding hydrogens is 156 g/mol. The van der Waals surface area contributed by atoms with Crippen LogP contribution in [-0.4, -0.2) is 40.2 Å². The van der Waals surface area contributed by atoms with Gasteiger partial charge in [0.2, 0.25) is 0 Å². The Hall–Kier alpha value is -1.43. The van der Waals surface area contributed by atoms with E-state index in [-0.39, 0.29) is 0 Å². The Labute approximate surface area is 62.1 Å². The van der Waals surface area contributed by atoms with Gasteiger partial charge in [0.25, 0.3) is 5.78 Å². The van der Waals surface area contributed by atoms with Gasteiger partial charge in [-0.3, -0.25) is 9.59 Å². The number of aliphatic hydroxyl groups is 1. The van der Waals surface area contributed by atoms with Crippen LogP contribution in [-0.2, 0) is 14.4 Å². The number of aliphatic carboxylic acids is 2. The van der Waals surface area contributed by atoms with E-state index in [0.29, 0.717) is 0 Å². The van der Waals surface area contributed by atoms with E-state index in [0.717, 1.165) is 7.11 Å². The van der Waals surface area contributed by atoms with Gasteiger partial charge >= 0.3 is 11.9 Å². The van der Waals surface area contributed by atoms with Gasteiger partial charge in [-0.25, -0.2) is 4.79 Å². The van der Waals surface area contributed by atoms with Gasteiger partial charge in [0.15, 0.2) is 0 Å². The molecule has 0 fully saturated rings. The van der Waals surface area contributed by atoms with Crippen molar-refractivity contribution >= 4 is 17.7 Å². The van der Waals surface area contributed by atoms with Crippen molar-refractivity contribution < 1.29 is 29.7 Å². The second-order valence-electron chi connectivity index (χ2n) is 1.30. The topological polar surface area (TPSA) is 112 Å². The number of rotatable bonds is 3. The van der Waals surface area contributed by atoms with Crippen LogP contribution in [0.2, 0.25) is 0 Å². The molecule has 0 aliphatic heterocycles. The Balaban J connectivity index is 0. The second-order valence-corrected chi connectivity index (χ2v) is 1.30. The van der Waals surface area contributed by atoms with Gasteiger partial charge in [0.05, 0.1) is 0 Å². The van der Waals surface area contributed by atoms with E-state index in [1.807, 2.05) is 0 Å². The predicted molar refractivity (Wildman–Crippen MR) is 33.0 cm³/mol. The van der Waals surface area contributed by atoms with Crippen molar-refractivity contribution in [1.29, 1.82) is 0 Å². The Morgan fingerprint density at radius 1 is 1.09 bits per heavy atom. The molecule has 0 aliphatic carbocycles. The molecule has 0 saturated carbocycles. The number of aliphatic hydroxyl groups excluding tert-OH is 1. The molecule has 0 heterocycles. The van der Waals surface area contributed by atoms with Crippen LogP contribution in [0.4, 0.5) is 0 Å². The monoisotopic (exact) mass is 164 g/mol. The van der Waals surface area contributed by atoms with Crippen molar-refractivity contribution in [2.75, 3.05) is 7.11 Å². The Kier molecular flexibility index (Phi) is 7.46. The fraction of sp³-hybridized carbons (Fsp3) is 0.400. The third kappa shape index (κ3) is 8.57. The highest BCUT2D eigenvalue weighted by Crippen LogP contribution is 1.81. The minimum absolute atomic E-state index is 0.949. The minimum Gasteiger partial charge on any atom is -0.481 e. The molecule has 64 valence electrons. The highest BCUT2D eigenvalue weighted by molar-refractivity contribution is 6.35. The SMILES string of the molecule is CO.O=C(O)CC(=O)C(=O)O. The molecule has 0 aliphatic rings. The van der Waals surface area contributed by atoms with Gasteiger partial charge in [-0.1, -0.05) is 0 Å². The summed E-state index contributed by atoms with van der Waals surface area (Å²) < 4.78 is 0. The number of hydrogen-bond acceptors (Lipinski definition) is 4. The maximum atomic E-state index is 9.97. The lowest BCUT2D eigenvalue weighted by Crippen LogP contribution is -2.16. The third-order valence-corrected chi connectivity index (χ3v) is 0.550. The van der Waals surface area contributed by atoms with Crippen LogP contribution in [0.5, 0.6) is 0 Å². The summed E-state index contributed by atoms with van der Waals surface area (Å²) in [5.41, 5.74) is 0. The van der Waals surface area contributed by atoms with Crippen LogP contribution in [0.25, 0.3) is 0 Å². The molecular formula is C5H8O6. The van der Waals surface area contributed by atoms with Crippen LogP contribution in [0.1, 0.15) is 6.42 Å². The summed E-state index contributed by atoms with van der Waals surface area (Å²) in [6.07, 6.45) is -0.949. The lowest BCUT2D eigenvalue weighted by Gasteiger charge is -1.85. The summed E-state index contributed by atoms with van der Waals surface area (Å²) in [5, 5.41) is 22.7. The largest absolute Gasteiger partial charge is 0.481 e. The van der Waals surface area contributed by atoms with Crippen LogP contribution in [0.15, 0.2) is 0 Å². The van der Waals surface area contributed by atoms with Crippen molar-refractivity contribution in [3.63, 3.8) is 0 Å². The van der Waals surface area contributed by atoms with E-state index in [1.165, 1.54) is 0 Å². The standard InChI is InChI=1S/C4H4O5.CH4O/c5-2(4(8)9)1-3(6)7;1-2/h1H2,(H,6,7)(H,8,9);2H,1H3. The molecule has 3 N–H and O–H groups in total. The maximum absolute atomic E-state index is 9.97. The van der Waals surface area contributed by atoms with E-state index in [9.17, 15) is 14.4 Å². The Morgan fingerprint density at radius 3 is 1.55 bits per heavy atom. The fourth-order valence-electron chi connectivity index (χ4n) is 0.213. The Bertz CT molecular complexity index is 160. The van der Waals surface area contributed by atoms with Gasteiger partial charge in [-0.05, 0) is 0 Å². The van der Waals surface area contributed by atoms with Crippen molar-refractivity contribution in [2.45, 2.75) is 6.42 Å². The smallest absolute Gasteiger partial charge is 0.372 e. The zero-order chi connectivity index (χ0) is 9.44. The highest BCUT2D eigenvalue weighted by Gasteiger charge is 2.14. The number of carboxylic acids is 2. The summed E-state index contributed by atoms with van der Waals surface area (Å²) in [4.78, 5) is 29.2. The van der Waals surface area contributed by atoms with E-state index >= 15 is 0 Å². The first-order valence-corrected chi connectivity index (χ1v) is 2.46. The molecule has 0 aromatic carbocycles. The summed E-state index contributed by atoms with van der Waals surface area (Å²) in [6.45, 7) is 0. The number of carbonyl (C=O) groups is 3. The van der Waals surface area contributed by atoms with E-state index < -0.39 is 24.1 Å². The number of ketones is 1. The molecule has 0 saturated heterocycles. The van der Waals surface area contributed by atoms with Crippen molar-refractivity contribution in [3.8, 4) is 0 Å². The van der Waals surface area contributed by atoms with Crippen LogP contribution in [0, 0.1) is 0 Å². The van der Waals surface area contributed by atoms with E-state index in [1.54, 1.807) is 0 Å². The summed E-state index contributed by atoms with van der Waals surface area (Å²) in [5.74, 6) is -4.44. The lowest BCUT2D eigenvalue weighted by atomic mass is 10.3. The third-order valence-electron chi connectivity index (χ3n) is 0.550. The maximum Gasteiger partial charge on any atom is 0.372 e. The molecule has 0 unspecified atom stereocenters. The van der Waals surface area contributed by atoms with Gasteiger partial charge in [0, 0.05) is 7.11 Å². The molecule has 0 amide bonds. The number of carboxylic acid groups (broad SMARTS) is 2. The number of hydrogen-bond donors (Lipinski definition) is 3. The van der Waals surface area contributed by atoms with Crippen LogP contribution >= 0.6 is 0 Å². The molecule has 0 aromatic heterocycles. The van der Waals surface area contributed by atoms with Gasteiger partial charge < -0.3 is 15.3 Å². The molecule has 0 radical (unpaired) electrons. The first kappa shape index (κ1) is 12.3. The zero-order valence-corrected chi connectivity index (χ0v) is 5.77. The second kappa shape index (κ2) is 6.69. The van der Waals surface area contributed by atoms with Gasteiger partial charge in [-0.15, -0.1) is 0 Å². The molecule has 0 bridgehead atoms. The molecule has 0 atom stereocenters. The molecule has 6 nitrogen and oxygen atoms in total. The van der Waals surface area contributed by atoms with Crippen LogP contribution in [0.3, 0.4) is 0 Å². The fourth-order valence-corrected chi connectivity index (χ4v) is 0.213. The average molecular weight is 164 g/mol. The van der Waals surface area contributed by atoms with Crippen LogP contribution < -0.4 is 0 Å². The summed E-state index contributed by atoms with van der Waals surface area (Å²) in [7, 11) is 1.00. The average Bonchev–Trinajstić information content (AvgIpc) is 1.90. The number of Topliss-reactive ketones (excluding diaryl/α,β-unsaturated/α-hetero) is 1. The quantitative estimate of drug-likeness (QED) is 0.354. The summed E-state index contributed by atoms with van der Waals surface area (Å²) >= 11 is 0. The number of carbonyl (C=O) groups excluding carboxylic acids is 1. The van der Waals surface area contributed by atoms with Crippen molar-refractivity contribution in [2.24, 2.45) is 0 Å².